The van der Waals surface area contributed by atoms with Crippen LogP contribution in [-0.2, 0) is 4.79 Å². The lowest BCUT2D eigenvalue weighted by Crippen LogP contribution is -2.38. The van der Waals surface area contributed by atoms with Crippen LogP contribution < -0.4 is 14.4 Å². The highest BCUT2D eigenvalue weighted by Crippen LogP contribution is 2.34. The van der Waals surface area contributed by atoms with E-state index in [1.54, 1.807) is 23.1 Å². The SMILES string of the molecule is O=C(CCOc1ccccc1)N1CCOc2ccc(Cl)cc21. The van der Waals surface area contributed by atoms with Gasteiger partial charge in [0.15, 0.2) is 0 Å². The van der Waals surface area contributed by atoms with E-state index in [1.807, 2.05) is 30.3 Å². The van der Waals surface area contributed by atoms with Crippen LogP contribution >= 0.6 is 11.6 Å². The summed E-state index contributed by atoms with van der Waals surface area (Å²) in [5.74, 6) is 1.46. The fourth-order valence-electron chi connectivity index (χ4n) is 2.36. The van der Waals surface area contributed by atoms with Gasteiger partial charge in [-0.05, 0) is 30.3 Å². The Labute approximate surface area is 134 Å². The van der Waals surface area contributed by atoms with Crippen LogP contribution in [0.2, 0.25) is 5.02 Å². The maximum Gasteiger partial charge on any atom is 0.230 e. The van der Waals surface area contributed by atoms with Crippen molar-refractivity contribution in [3.8, 4) is 11.5 Å². The van der Waals surface area contributed by atoms with Gasteiger partial charge < -0.3 is 14.4 Å². The average Bonchev–Trinajstić information content (AvgIpc) is 2.55. The zero-order valence-electron chi connectivity index (χ0n) is 12.0. The van der Waals surface area contributed by atoms with Crippen molar-refractivity contribution in [2.75, 3.05) is 24.7 Å². The van der Waals surface area contributed by atoms with Crippen LogP contribution in [-0.4, -0.2) is 25.7 Å². The third kappa shape index (κ3) is 3.34. The molecule has 0 saturated heterocycles. The largest absolute Gasteiger partial charge is 0.493 e. The molecule has 0 aromatic heterocycles. The first-order valence-electron chi connectivity index (χ1n) is 7.14. The molecular weight excluding hydrogens is 302 g/mol. The van der Waals surface area contributed by atoms with Crippen LogP contribution in [0.3, 0.4) is 0 Å². The quantitative estimate of drug-likeness (QED) is 0.866. The van der Waals surface area contributed by atoms with Gasteiger partial charge in [0.05, 0.1) is 25.3 Å². The summed E-state index contributed by atoms with van der Waals surface area (Å²) in [7, 11) is 0. The van der Waals surface area contributed by atoms with Crippen molar-refractivity contribution in [1.82, 2.24) is 0 Å². The summed E-state index contributed by atoms with van der Waals surface area (Å²) in [4.78, 5) is 14.1. The summed E-state index contributed by atoms with van der Waals surface area (Å²) >= 11 is 6.01. The molecule has 2 aromatic carbocycles. The zero-order chi connectivity index (χ0) is 15.4. The molecule has 3 rings (SSSR count). The molecule has 1 aliphatic rings. The normalized spacial score (nSPS) is 13.2. The first-order valence-corrected chi connectivity index (χ1v) is 7.52. The minimum Gasteiger partial charge on any atom is -0.493 e. The summed E-state index contributed by atoms with van der Waals surface area (Å²) in [6.45, 7) is 1.35. The molecule has 2 aromatic rings. The maximum absolute atomic E-state index is 12.4. The molecule has 1 aliphatic heterocycles. The first kappa shape index (κ1) is 14.7. The summed E-state index contributed by atoms with van der Waals surface area (Å²) in [5.41, 5.74) is 0.725. The van der Waals surface area contributed by atoms with Gasteiger partial charge in [0, 0.05) is 5.02 Å². The maximum atomic E-state index is 12.4. The summed E-state index contributed by atoms with van der Waals surface area (Å²) < 4.78 is 11.1. The number of carbonyl (C=O) groups is 1. The van der Waals surface area contributed by atoms with E-state index in [0.717, 1.165) is 11.4 Å². The summed E-state index contributed by atoms with van der Waals surface area (Å²) in [5, 5.41) is 0.586. The number of para-hydroxylation sites is 1. The van der Waals surface area contributed by atoms with E-state index in [0.29, 0.717) is 37.0 Å². The van der Waals surface area contributed by atoms with Gasteiger partial charge in [-0.2, -0.15) is 0 Å². The van der Waals surface area contributed by atoms with Crippen LogP contribution in [0, 0.1) is 0 Å². The number of ether oxygens (including phenoxy) is 2. The second kappa shape index (κ2) is 6.71. The Morgan fingerprint density at radius 3 is 2.86 bits per heavy atom. The second-order valence-electron chi connectivity index (χ2n) is 4.92. The van der Waals surface area contributed by atoms with Gasteiger partial charge in [-0.15, -0.1) is 0 Å². The minimum atomic E-state index is 0.00254. The van der Waals surface area contributed by atoms with E-state index in [-0.39, 0.29) is 5.91 Å². The number of benzene rings is 2. The molecule has 4 nitrogen and oxygen atoms in total. The first-order chi connectivity index (χ1) is 10.7. The van der Waals surface area contributed by atoms with Crippen molar-refractivity contribution in [1.29, 1.82) is 0 Å². The second-order valence-corrected chi connectivity index (χ2v) is 5.35. The van der Waals surface area contributed by atoms with Crippen LogP contribution in [0.5, 0.6) is 11.5 Å². The van der Waals surface area contributed by atoms with Crippen LogP contribution in [0.25, 0.3) is 0 Å². The number of amides is 1. The predicted molar refractivity (Wildman–Crippen MR) is 85.9 cm³/mol. The Kier molecular flexibility index (Phi) is 4.49. The third-order valence-corrected chi connectivity index (χ3v) is 3.65. The van der Waals surface area contributed by atoms with Gasteiger partial charge in [0.25, 0.3) is 0 Å². The lowest BCUT2D eigenvalue weighted by atomic mass is 10.2. The fraction of sp³-hybridized carbons (Fsp3) is 0.235. The summed E-state index contributed by atoms with van der Waals surface area (Å²) in [6.07, 6.45) is 0.306. The van der Waals surface area contributed by atoms with E-state index in [4.69, 9.17) is 21.1 Å². The zero-order valence-corrected chi connectivity index (χ0v) is 12.8. The Morgan fingerprint density at radius 1 is 1.23 bits per heavy atom. The standard InChI is InChI=1S/C17H16ClNO3/c18-13-6-7-16-15(12-13)19(9-11-22-16)17(20)8-10-21-14-4-2-1-3-5-14/h1-7,12H,8-11H2. The third-order valence-electron chi connectivity index (χ3n) is 3.41. The Bertz CT molecular complexity index is 660. The topological polar surface area (TPSA) is 38.8 Å². The molecule has 114 valence electrons. The monoisotopic (exact) mass is 317 g/mol. The number of nitrogens with zero attached hydrogens (tertiary/aromatic N) is 1. The van der Waals surface area contributed by atoms with Crippen LogP contribution in [0.4, 0.5) is 5.69 Å². The van der Waals surface area contributed by atoms with Crippen LogP contribution in [0.1, 0.15) is 6.42 Å². The highest BCUT2D eigenvalue weighted by Gasteiger charge is 2.23. The molecule has 1 amide bonds. The van der Waals surface area contributed by atoms with E-state index in [1.165, 1.54) is 0 Å². The Hall–Kier alpha value is -2.20. The van der Waals surface area contributed by atoms with Crippen LogP contribution in [0.15, 0.2) is 48.5 Å². The summed E-state index contributed by atoms with van der Waals surface area (Å²) in [6, 6.07) is 14.8. The molecule has 0 bridgehead atoms. The van der Waals surface area contributed by atoms with Gasteiger partial charge >= 0.3 is 0 Å². The fourth-order valence-corrected chi connectivity index (χ4v) is 2.52. The average molecular weight is 318 g/mol. The molecule has 22 heavy (non-hydrogen) atoms. The lowest BCUT2D eigenvalue weighted by Gasteiger charge is -2.29. The van der Waals surface area contributed by atoms with Gasteiger partial charge in [-0.3, -0.25) is 4.79 Å². The molecule has 0 atom stereocenters. The van der Waals surface area contributed by atoms with Crippen molar-refractivity contribution in [2.45, 2.75) is 6.42 Å². The minimum absolute atomic E-state index is 0.00254. The molecule has 5 heteroatoms. The molecule has 0 spiro atoms. The number of rotatable bonds is 4. The molecule has 1 heterocycles. The smallest absolute Gasteiger partial charge is 0.230 e. The number of anilines is 1. The van der Waals surface area contributed by atoms with Gasteiger partial charge in [0.2, 0.25) is 5.91 Å². The molecule has 0 unspecified atom stereocenters. The van der Waals surface area contributed by atoms with E-state index >= 15 is 0 Å². The molecule has 0 aliphatic carbocycles. The van der Waals surface area contributed by atoms with Crippen molar-refractivity contribution < 1.29 is 14.3 Å². The predicted octanol–water partition coefficient (Wildman–Crippen LogP) is 3.53. The van der Waals surface area contributed by atoms with Crippen molar-refractivity contribution in [3.63, 3.8) is 0 Å². The molecule has 0 N–H and O–H groups in total. The van der Waals surface area contributed by atoms with Gasteiger partial charge in [-0.25, -0.2) is 0 Å². The van der Waals surface area contributed by atoms with Crippen molar-refractivity contribution >= 4 is 23.2 Å². The van der Waals surface area contributed by atoms with Gasteiger partial charge in [-0.1, -0.05) is 29.8 Å². The highest BCUT2D eigenvalue weighted by atomic mass is 35.5. The van der Waals surface area contributed by atoms with Gasteiger partial charge in [0.1, 0.15) is 18.1 Å². The number of fused-ring (bicyclic) bond motifs is 1. The molecule has 0 radical (unpaired) electrons. The number of hydrogen-bond donors (Lipinski definition) is 0. The molecular formula is C17H16ClNO3. The van der Waals surface area contributed by atoms with Crippen molar-refractivity contribution in [3.05, 3.63) is 53.6 Å². The number of carbonyl (C=O) groups excluding carboxylic acids is 1. The Balaban J connectivity index is 1.63. The lowest BCUT2D eigenvalue weighted by molar-refractivity contribution is -0.119. The van der Waals surface area contributed by atoms with E-state index < -0.39 is 0 Å². The van der Waals surface area contributed by atoms with Crippen molar-refractivity contribution in [2.24, 2.45) is 0 Å². The van der Waals surface area contributed by atoms with E-state index in [9.17, 15) is 4.79 Å². The highest BCUT2D eigenvalue weighted by molar-refractivity contribution is 6.31. The molecule has 0 fully saturated rings. The number of hydrogen-bond acceptors (Lipinski definition) is 3. The van der Waals surface area contributed by atoms with E-state index in [2.05, 4.69) is 0 Å². The Morgan fingerprint density at radius 2 is 2.05 bits per heavy atom. The number of halogens is 1. The molecule has 0 saturated carbocycles.